The molecule has 3 rings (SSSR count). The first-order chi connectivity index (χ1) is 8.25. The summed E-state index contributed by atoms with van der Waals surface area (Å²) in [6, 6.07) is 7.06. The molecule has 1 saturated heterocycles. The van der Waals surface area contributed by atoms with E-state index >= 15 is 0 Å². The number of hydrogen-bond donors (Lipinski definition) is 1. The van der Waals surface area contributed by atoms with Crippen molar-refractivity contribution in [1.29, 1.82) is 0 Å². The van der Waals surface area contributed by atoms with Gasteiger partial charge >= 0.3 is 0 Å². The summed E-state index contributed by atoms with van der Waals surface area (Å²) < 4.78 is 19.3. The van der Waals surface area contributed by atoms with Crippen molar-refractivity contribution in [3.63, 3.8) is 0 Å². The second-order valence-corrected chi connectivity index (χ2v) is 4.88. The van der Waals surface area contributed by atoms with E-state index in [4.69, 9.17) is 4.42 Å². The molecule has 1 aromatic heterocycles. The van der Waals surface area contributed by atoms with Gasteiger partial charge in [-0.1, -0.05) is 19.1 Å². The van der Waals surface area contributed by atoms with Gasteiger partial charge in [0.25, 0.3) is 0 Å². The highest BCUT2D eigenvalue weighted by atomic mass is 19.1. The van der Waals surface area contributed by atoms with E-state index in [-0.39, 0.29) is 5.82 Å². The predicted molar refractivity (Wildman–Crippen MR) is 65.6 cm³/mol. The van der Waals surface area contributed by atoms with Gasteiger partial charge in [-0.15, -0.1) is 0 Å². The van der Waals surface area contributed by atoms with Gasteiger partial charge in [0.1, 0.15) is 5.76 Å². The molecule has 3 heteroatoms. The summed E-state index contributed by atoms with van der Waals surface area (Å²) in [5.41, 5.74) is 0.397. The lowest BCUT2D eigenvalue weighted by Gasteiger charge is -2.27. The van der Waals surface area contributed by atoms with Crippen molar-refractivity contribution in [3.8, 4) is 0 Å². The van der Waals surface area contributed by atoms with Gasteiger partial charge in [0.2, 0.25) is 0 Å². The highest BCUT2D eigenvalue weighted by Crippen LogP contribution is 2.34. The number of hydrogen-bond acceptors (Lipinski definition) is 2. The molecule has 0 amide bonds. The largest absolute Gasteiger partial charge is 0.458 e. The topological polar surface area (TPSA) is 25.2 Å². The molecule has 2 atom stereocenters. The number of nitrogens with one attached hydrogen (secondary N) is 1. The van der Waals surface area contributed by atoms with Crippen molar-refractivity contribution in [2.45, 2.75) is 19.3 Å². The third kappa shape index (κ3) is 1.84. The van der Waals surface area contributed by atoms with E-state index in [0.29, 0.717) is 17.4 Å². The van der Waals surface area contributed by atoms with Crippen LogP contribution < -0.4 is 5.32 Å². The maximum absolute atomic E-state index is 13.6. The molecule has 17 heavy (non-hydrogen) atoms. The van der Waals surface area contributed by atoms with Crippen LogP contribution in [0.2, 0.25) is 0 Å². The van der Waals surface area contributed by atoms with Crippen LogP contribution in [0, 0.1) is 11.7 Å². The summed E-state index contributed by atoms with van der Waals surface area (Å²) in [6.45, 7) is 4.22. The molecule has 0 radical (unpaired) electrons. The van der Waals surface area contributed by atoms with E-state index in [1.54, 1.807) is 6.07 Å². The highest BCUT2D eigenvalue weighted by Gasteiger charge is 2.26. The minimum atomic E-state index is -0.268. The van der Waals surface area contributed by atoms with Crippen molar-refractivity contribution in [1.82, 2.24) is 5.32 Å². The zero-order valence-electron chi connectivity index (χ0n) is 9.87. The standard InChI is InChI=1S/C14H16FNO/c1-9-8-16-6-5-11(9)13-7-10-3-2-4-12(15)14(10)17-13/h2-4,7,9,11,16H,5-6,8H2,1H3. The quantitative estimate of drug-likeness (QED) is 0.817. The van der Waals surface area contributed by atoms with E-state index in [0.717, 1.165) is 30.7 Å². The zero-order chi connectivity index (χ0) is 11.8. The first-order valence-electron chi connectivity index (χ1n) is 6.14. The average molecular weight is 233 g/mol. The Labute approximate surface area is 99.8 Å². The molecule has 1 N–H and O–H groups in total. The second-order valence-electron chi connectivity index (χ2n) is 4.88. The van der Waals surface area contributed by atoms with Gasteiger partial charge < -0.3 is 9.73 Å². The van der Waals surface area contributed by atoms with Crippen LogP contribution in [0.25, 0.3) is 11.0 Å². The number of para-hydroxylation sites is 1. The van der Waals surface area contributed by atoms with Crippen LogP contribution >= 0.6 is 0 Å². The third-order valence-corrected chi connectivity index (χ3v) is 3.67. The van der Waals surface area contributed by atoms with Gasteiger partial charge in [0.15, 0.2) is 11.4 Å². The van der Waals surface area contributed by atoms with Crippen molar-refractivity contribution < 1.29 is 8.81 Å². The van der Waals surface area contributed by atoms with E-state index in [1.807, 2.05) is 12.1 Å². The number of furan rings is 1. The summed E-state index contributed by atoms with van der Waals surface area (Å²) in [5, 5.41) is 4.23. The van der Waals surface area contributed by atoms with E-state index in [1.165, 1.54) is 6.07 Å². The minimum absolute atomic E-state index is 0.268. The molecule has 2 nitrogen and oxygen atoms in total. The first-order valence-corrected chi connectivity index (χ1v) is 6.14. The van der Waals surface area contributed by atoms with Crippen LogP contribution in [0.1, 0.15) is 25.0 Å². The van der Waals surface area contributed by atoms with Crippen LogP contribution in [0.5, 0.6) is 0 Å². The van der Waals surface area contributed by atoms with Crippen molar-refractivity contribution in [3.05, 3.63) is 35.8 Å². The lowest BCUT2D eigenvalue weighted by atomic mass is 9.86. The van der Waals surface area contributed by atoms with Crippen LogP contribution in [0.15, 0.2) is 28.7 Å². The Kier molecular flexibility index (Phi) is 2.63. The lowest BCUT2D eigenvalue weighted by molar-refractivity contribution is 0.310. The minimum Gasteiger partial charge on any atom is -0.458 e. The number of rotatable bonds is 1. The number of piperidine rings is 1. The average Bonchev–Trinajstić information content (AvgIpc) is 2.75. The third-order valence-electron chi connectivity index (χ3n) is 3.67. The molecule has 0 spiro atoms. The zero-order valence-corrected chi connectivity index (χ0v) is 9.87. The maximum atomic E-state index is 13.6. The number of benzene rings is 1. The van der Waals surface area contributed by atoms with Crippen LogP contribution in [-0.4, -0.2) is 13.1 Å². The molecule has 1 aliphatic heterocycles. The van der Waals surface area contributed by atoms with Gasteiger partial charge in [-0.3, -0.25) is 0 Å². The highest BCUT2D eigenvalue weighted by molar-refractivity contribution is 5.78. The summed E-state index contributed by atoms with van der Waals surface area (Å²) in [5.74, 6) is 1.60. The molecule has 2 heterocycles. The molecule has 0 bridgehead atoms. The first kappa shape index (κ1) is 10.8. The Morgan fingerprint density at radius 2 is 2.29 bits per heavy atom. The van der Waals surface area contributed by atoms with E-state index in [2.05, 4.69) is 12.2 Å². The van der Waals surface area contributed by atoms with Crippen LogP contribution in [-0.2, 0) is 0 Å². The normalized spacial score (nSPS) is 25.3. The van der Waals surface area contributed by atoms with Crippen LogP contribution in [0.4, 0.5) is 4.39 Å². The van der Waals surface area contributed by atoms with Crippen LogP contribution in [0.3, 0.4) is 0 Å². The maximum Gasteiger partial charge on any atom is 0.169 e. The van der Waals surface area contributed by atoms with Crippen molar-refractivity contribution in [2.24, 2.45) is 5.92 Å². The summed E-state index contributed by atoms with van der Waals surface area (Å²) in [4.78, 5) is 0. The molecule has 2 unspecified atom stereocenters. The Hall–Kier alpha value is -1.35. The Morgan fingerprint density at radius 1 is 1.41 bits per heavy atom. The monoisotopic (exact) mass is 233 g/mol. The molecule has 90 valence electrons. The fraction of sp³-hybridized carbons (Fsp3) is 0.429. The number of halogens is 1. The summed E-state index contributed by atoms with van der Waals surface area (Å²) >= 11 is 0. The summed E-state index contributed by atoms with van der Waals surface area (Å²) in [6.07, 6.45) is 1.06. The molecule has 1 aliphatic rings. The van der Waals surface area contributed by atoms with Gasteiger partial charge in [-0.05, 0) is 37.6 Å². The van der Waals surface area contributed by atoms with E-state index < -0.39 is 0 Å². The van der Waals surface area contributed by atoms with Gasteiger partial charge in [0, 0.05) is 11.3 Å². The molecule has 0 aliphatic carbocycles. The lowest BCUT2D eigenvalue weighted by Crippen LogP contribution is -2.33. The predicted octanol–water partition coefficient (Wildman–Crippen LogP) is 3.28. The molecular weight excluding hydrogens is 217 g/mol. The summed E-state index contributed by atoms with van der Waals surface area (Å²) in [7, 11) is 0. The molecule has 1 fully saturated rings. The smallest absolute Gasteiger partial charge is 0.169 e. The Balaban J connectivity index is 2.02. The van der Waals surface area contributed by atoms with Gasteiger partial charge in [-0.25, -0.2) is 4.39 Å². The molecular formula is C14H16FNO. The van der Waals surface area contributed by atoms with E-state index in [9.17, 15) is 4.39 Å². The van der Waals surface area contributed by atoms with Crippen molar-refractivity contribution in [2.75, 3.05) is 13.1 Å². The van der Waals surface area contributed by atoms with Crippen molar-refractivity contribution >= 4 is 11.0 Å². The SMILES string of the molecule is CC1CNCCC1c1cc2cccc(F)c2o1. The second kappa shape index (κ2) is 4.15. The fourth-order valence-corrected chi connectivity index (χ4v) is 2.67. The molecule has 1 aromatic carbocycles. The molecule has 0 saturated carbocycles. The van der Waals surface area contributed by atoms with Gasteiger partial charge in [-0.2, -0.15) is 0 Å². The number of fused-ring (bicyclic) bond motifs is 1. The Bertz CT molecular complexity index is 534. The fourth-order valence-electron chi connectivity index (χ4n) is 2.67. The van der Waals surface area contributed by atoms with Gasteiger partial charge in [0.05, 0.1) is 0 Å². The Morgan fingerprint density at radius 3 is 3.06 bits per heavy atom. The molecule has 2 aromatic rings.